The van der Waals surface area contributed by atoms with Gasteiger partial charge in [-0.2, -0.15) is 0 Å². The van der Waals surface area contributed by atoms with Gasteiger partial charge in [-0.25, -0.2) is 8.78 Å². The van der Waals surface area contributed by atoms with Gasteiger partial charge >= 0.3 is 0 Å². The zero-order chi connectivity index (χ0) is 23.2. The molecule has 0 saturated carbocycles. The summed E-state index contributed by atoms with van der Waals surface area (Å²) in [5.41, 5.74) is -0.669. The lowest BCUT2D eigenvalue weighted by Crippen LogP contribution is -2.44. The van der Waals surface area contributed by atoms with Crippen LogP contribution in [0.25, 0.3) is 0 Å². The van der Waals surface area contributed by atoms with Crippen LogP contribution in [0.3, 0.4) is 0 Å². The van der Waals surface area contributed by atoms with Crippen molar-refractivity contribution in [1.29, 1.82) is 0 Å². The Kier molecular flexibility index (Phi) is 5.75. The highest BCUT2D eigenvalue weighted by Gasteiger charge is 2.44. The van der Waals surface area contributed by atoms with Crippen LogP contribution in [0.2, 0.25) is 0 Å². The quantitative estimate of drug-likeness (QED) is 0.715. The summed E-state index contributed by atoms with van der Waals surface area (Å²) in [5.74, 6) is -3.59. The number of hydrogen-bond donors (Lipinski definition) is 2. The first-order valence-electron chi connectivity index (χ1n) is 10.8. The van der Waals surface area contributed by atoms with Gasteiger partial charge in [0.05, 0.1) is 6.04 Å². The number of nitrogens with zero attached hydrogens (tertiary/aromatic N) is 2. The third-order valence-electron chi connectivity index (χ3n) is 6.35. The molecule has 4 rings (SSSR count). The second-order valence-electron chi connectivity index (χ2n) is 8.29. The monoisotopic (exact) mass is 445 g/mol. The molecule has 170 valence electrons. The molecule has 2 aliphatic rings. The number of rotatable bonds is 6. The maximum absolute atomic E-state index is 14.0. The van der Waals surface area contributed by atoms with Gasteiger partial charge in [-0.05, 0) is 25.8 Å². The summed E-state index contributed by atoms with van der Waals surface area (Å²) in [6, 6.07) is 2.88. The average molecular weight is 445 g/mol. The Morgan fingerprint density at radius 1 is 1.25 bits per heavy atom. The zero-order valence-corrected chi connectivity index (χ0v) is 18.0. The number of carbonyl (C=O) groups excluding carboxylic acids is 2. The number of halogens is 2. The number of pyridine rings is 1. The molecule has 9 heteroatoms. The SMILES string of the molecule is CCC[C@H]1CC2CN(CC)C(=O)c3c(O)c(=O)c(C(=O)NCc4ccc(F)cc4F)c1n32. The molecular weight excluding hydrogens is 420 g/mol. The van der Waals surface area contributed by atoms with E-state index in [9.17, 15) is 28.3 Å². The smallest absolute Gasteiger partial charge is 0.274 e. The lowest BCUT2D eigenvalue weighted by Gasteiger charge is -2.34. The Morgan fingerprint density at radius 2 is 2.00 bits per heavy atom. The molecule has 32 heavy (non-hydrogen) atoms. The van der Waals surface area contributed by atoms with E-state index in [2.05, 4.69) is 5.32 Å². The van der Waals surface area contributed by atoms with Gasteiger partial charge in [-0.1, -0.05) is 19.4 Å². The number of amides is 2. The third kappa shape index (κ3) is 3.45. The van der Waals surface area contributed by atoms with Crippen molar-refractivity contribution in [2.75, 3.05) is 13.1 Å². The van der Waals surface area contributed by atoms with Crippen molar-refractivity contribution in [3.8, 4) is 5.75 Å². The van der Waals surface area contributed by atoms with Crippen LogP contribution in [-0.4, -0.2) is 39.5 Å². The largest absolute Gasteiger partial charge is 0.503 e. The normalized spacial score (nSPS) is 19.2. The van der Waals surface area contributed by atoms with Crippen LogP contribution in [0.4, 0.5) is 8.78 Å². The molecule has 0 spiro atoms. The van der Waals surface area contributed by atoms with Crippen molar-refractivity contribution in [2.45, 2.75) is 51.6 Å². The highest BCUT2D eigenvalue weighted by Crippen LogP contribution is 2.45. The Labute approximate surface area is 183 Å². The fourth-order valence-corrected chi connectivity index (χ4v) is 4.89. The molecule has 2 aromatic rings. The van der Waals surface area contributed by atoms with E-state index in [0.717, 1.165) is 12.5 Å². The maximum atomic E-state index is 14.0. The molecule has 2 atom stereocenters. The van der Waals surface area contributed by atoms with Gasteiger partial charge in [-0.3, -0.25) is 14.4 Å². The molecule has 3 heterocycles. The molecule has 0 bridgehead atoms. The molecule has 0 radical (unpaired) electrons. The van der Waals surface area contributed by atoms with Gasteiger partial charge in [0, 0.05) is 42.9 Å². The lowest BCUT2D eigenvalue weighted by molar-refractivity contribution is 0.0675. The summed E-state index contributed by atoms with van der Waals surface area (Å²) in [6.45, 7) is 4.47. The molecule has 2 amide bonds. The third-order valence-corrected chi connectivity index (χ3v) is 6.35. The fourth-order valence-electron chi connectivity index (χ4n) is 4.89. The topological polar surface area (TPSA) is 91.6 Å². The standard InChI is InChI=1S/C23H25F2N3O4/c1-3-5-12-8-15-11-27(4-2)23(32)19-21(30)20(29)17(18(12)28(15)19)22(31)26-10-13-6-7-14(24)9-16(13)25/h6-7,9,12,15,30H,3-5,8,10-11H2,1-2H3,(H,26,31)/t12-,15?/m0/s1. The average Bonchev–Trinajstić information content (AvgIpc) is 3.10. The summed E-state index contributed by atoms with van der Waals surface area (Å²) >= 11 is 0. The lowest BCUT2D eigenvalue weighted by atomic mass is 9.93. The summed E-state index contributed by atoms with van der Waals surface area (Å²) in [6.07, 6.45) is 2.18. The van der Waals surface area contributed by atoms with E-state index in [1.54, 1.807) is 9.47 Å². The van der Waals surface area contributed by atoms with Gasteiger partial charge < -0.3 is 19.9 Å². The highest BCUT2D eigenvalue weighted by molar-refractivity contribution is 6.00. The number of likely N-dealkylation sites (N-methyl/N-ethyl adjacent to an activating group) is 1. The van der Waals surface area contributed by atoms with E-state index in [4.69, 9.17) is 0 Å². The molecule has 7 nitrogen and oxygen atoms in total. The van der Waals surface area contributed by atoms with Gasteiger partial charge in [0.2, 0.25) is 5.43 Å². The maximum Gasteiger partial charge on any atom is 0.274 e. The Morgan fingerprint density at radius 3 is 2.66 bits per heavy atom. The van der Waals surface area contributed by atoms with Crippen molar-refractivity contribution in [1.82, 2.24) is 14.8 Å². The van der Waals surface area contributed by atoms with E-state index < -0.39 is 34.6 Å². The Hall–Kier alpha value is -3.23. The van der Waals surface area contributed by atoms with Crippen LogP contribution >= 0.6 is 0 Å². The predicted molar refractivity (Wildman–Crippen MR) is 113 cm³/mol. The first-order valence-corrected chi connectivity index (χ1v) is 10.8. The van der Waals surface area contributed by atoms with Crippen molar-refractivity contribution < 1.29 is 23.5 Å². The molecule has 0 aliphatic carbocycles. The summed E-state index contributed by atoms with van der Waals surface area (Å²) in [7, 11) is 0. The first-order chi connectivity index (χ1) is 15.3. The number of aromatic nitrogens is 1. The second-order valence-corrected chi connectivity index (χ2v) is 8.29. The van der Waals surface area contributed by atoms with Crippen LogP contribution in [-0.2, 0) is 6.54 Å². The van der Waals surface area contributed by atoms with Crippen molar-refractivity contribution in [3.63, 3.8) is 0 Å². The minimum atomic E-state index is -0.906. The van der Waals surface area contributed by atoms with Crippen molar-refractivity contribution >= 4 is 11.8 Å². The van der Waals surface area contributed by atoms with E-state index >= 15 is 0 Å². The van der Waals surface area contributed by atoms with Crippen LogP contribution < -0.4 is 10.7 Å². The second kappa shape index (κ2) is 8.37. The number of aromatic hydroxyl groups is 1. The number of carbonyl (C=O) groups is 2. The number of nitrogens with one attached hydrogen (secondary N) is 1. The van der Waals surface area contributed by atoms with Crippen molar-refractivity contribution in [2.24, 2.45) is 0 Å². The van der Waals surface area contributed by atoms with E-state index in [1.807, 2.05) is 13.8 Å². The summed E-state index contributed by atoms with van der Waals surface area (Å²) < 4.78 is 28.8. The Bertz CT molecular complexity index is 1160. The minimum Gasteiger partial charge on any atom is -0.503 e. The van der Waals surface area contributed by atoms with Gasteiger partial charge in [0.15, 0.2) is 11.4 Å². The molecule has 1 unspecified atom stereocenters. The molecule has 1 aromatic carbocycles. The van der Waals surface area contributed by atoms with Crippen LogP contribution in [0.15, 0.2) is 23.0 Å². The predicted octanol–water partition coefficient (Wildman–Crippen LogP) is 3.07. The molecule has 2 aliphatic heterocycles. The minimum absolute atomic E-state index is 0.0650. The molecular formula is C23H25F2N3O4. The van der Waals surface area contributed by atoms with Gasteiger partial charge in [0.1, 0.15) is 17.2 Å². The summed E-state index contributed by atoms with van der Waals surface area (Å²) in [5, 5.41) is 13.2. The van der Waals surface area contributed by atoms with Gasteiger partial charge in [0.25, 0.3) is 11.8 Å². The molecule has 2 N–H and O–H groups in total. The number of hydrogen-bond acceptors (Lipinski definition) is 4. The first kappa shape index (κ1) is 22.0. The molecule has 0 fully saturated rings. The van der Waals surface area contributed by atoms with Crippen molar-refractivity contribution in [3.05, 3.63) is 62.6 Å². The van der Waals surface area contributed by atoms with Gasteiger partial charge in [-0.15, -0.1) is 0 Å². The number of benzene rings is 1. The van der Waals surface area contributed by atoms with Crippen LogP contribution in [0.5, 0.6) is 5.75 Å². The Balaban J connectivity index is 1.78. The summed E-state index contributed by atoms with van der Waals surface area (Å²) in [4.78, 5) is 40.6. The van der Waals surface area contributed by atoms with E-state index in [0.29, 0.717) is 37.7 Å². The van der Waals surface area contributed by atoms with Crippen LogP contribution in [0, 0.1) is 11.6 Å². The molecule has 1 aromatic heterocycles. The molecule has 0 saturated heterocycles. The fraction of sp³-hybridized carbons (Fsp3) is 0.435. The van der Waals surface area contributed by atoms with E-state index in [-0.39, 0.29) is 35.3 Å². The van der Waals surface area contributed by atoms with Crippen LogP contribution in [0.1, 0.15) is 77.2 Å². The van der Waals surface area contributed by atoms with E-state index in [1.165, 1.54) is 6.07 Å². The zero-order valence-electron chi connectivity index (χ0n) is 18.0. The highest BCUT2D eigenvalue weighted by atomic mass is 19.1.